The fourth-order valence-corrected chi connectivity index (χ4v) is 3.05. The molecule has 0 aliphatic heterocycles. The van der Waals surface area contributed by atoms with Crippen molar-refractivity contribution >= 4 is 37.7 Å². The highest BCUT2D eigenvalue weighted by molar-refractivity contribution is 9.10. The van der Waals surface area contributed by atoms with Crippen molar-refractivity contribution in [1.29, 1.82) is 0 Å². The minimum Gasteiger partial charge on any atom is -0.454 e. The van der Waals surface area contributed by atoms with E-state index in [2.05, 4.69) is 26.1 Å². The van der Waals surface area contributed by atoms with Crippen molar-refractivity contribution in [2.75, 3.05) is 0 Å². The summed E-state index contributed by atoms with van der Waals surface area (Å²) in [5.74, 6) is 0.553. The summed E-state index contributed by atoms with van der Waals surface area (Å²) in [6.07, 6.45) is 1.81. The molecule has 0 aliphatic rings. The molecule has 2 aromatic carbocycles. The van der Waals surface area contributed by atoms with Crippen LogP contribution in [0.5, 0.6) is 0 Å². The molecule has 0 saturated heterocycles. The molecular formula is C19H13BrN2O2. The van der Waals surface area contributed by atoms with Crippen LogP contribution in [0.1, 0.15) is 5.56 Å². The van der Waals surface area contributed by atoms with Crippen LogP contribution in [-0.4, -0.2) is 10.2 Å². The topological polar surface area (TPSA) is 58.6 Å². The fourth-order valence-electron chi connectivity index (χ4n) is 2.72. The highest BCUT2D eigenvalue weighted by Crippen LogP contribution is 2.27. The SMILES string of the molecule is Cc1cc2/c(=N\O)cc(-c3cc4ccccc4cn3)oc2cc1Br. The minimum absolute atomic E-state index is 0.455. The van der Waals surface area contributed by atoms with Gasteiger partial charge >= 0.3 is 0 Å². The zero-order chi connectivity index (χ0) is 16.7. The summed E-state index contributed by atoms with van der Waals surface area (Å²) in [5, 5.41) is 16.1. The molecule has 0 unspecified atom stereocenters. The van der Waals surface area contributed by atoms with Crippen molar-refractivity contribution < 1.29 is 9.62 Å². The van der Waals surface area contributed by atoms with E-state index < -0.39 is 0 Å². The normalized spacial score (nSPS) is 12.2. The van der Waals surface area contributed by atoms with Crippen molar-refractivity contribution in [3.8, 4) is 11.5 Å². The van der Waals surface area contributed by atoms with Crippen LogP contribution in [0.2, 0.25) is 0 Å². The van der Waals surface area contributed by atoms with Crippen LogP contribution in [-0.2, 0) is 0 Å². The molecule has 118 valence electrons. The molecule has 0 aliphatic carbocycles. The van der Waals surface area contributed by atoms with Crippen LogP contribution >= 0.6 is 15.9 Å². The summed E-state index contributed by atoms with van der Waals surface area (Å²) in [6, 6.07) is 15.5. The first-order valence-electron chi connectivity index (χ1n) is 7.43. The summed E-state index contributed by atoms with van der Waals surface area (Å²) in [5.41, 5.74) is 2.36. The maximum absolute atomic E-state index is 9.39. The maximum atomic E-state index is 9.39. The lowest BCUT2D eigenvalue weighted by Crippen LogP contribution is -2.04. The second-order valence-electron chi connectivity index (χ2n) is 5.61. The Labute approximate surface area is 146 Å². The molecule has 0 amide bonds. The van der Waals surface area contributed by atoms with E-state index in [1.54, 1.807) is 6.07 Å². The number of hydrogen-bond donors (Lipinski definition) is 1. The van der Waals surface area contributed by atoms with Crippen LogP contribution in [0.15, 0.2) is 68.8 Å². The fraction of sp³-hybridized carbons (Fsp3) is 0.0526. The van der Waals surface area contributed by atoms with Crippen molar-refractivity contribution in [3.63, 3.8) is 0 Å². The molecule has 0 radical (unpaired) electrons. The van der Waals surface area contributed by atoms with Gasteiger partial charge in [-0.2, -0.15) is 0 Å². The maximum Gasteiger partial charge on any atom is 0.155 e. The summed E-state index contributed by atoms with van der Waals surface area (Å²) >= 11 is 3.51. The predicted octanol–water partition coefficient (Wildman–Crippen LogP) is 5.01. The second kappa shape index (κ2) is 5.76. The first-order chi connectivity index (χ1) is 11.7. The van der Waals surface area contributed by atoms with Gasteiger partial charge in [0.15, 0.2) is 5.76 Å². The highest BCUT2D eigenvalue weighted by atomic mass is 79.9. The Morgan fingerprint density at radius 3 is 2.67 bits per heavy atom. The number of nitrogens with zero attached hydrogens (tertiary/aromatic N) is 2. The number of benzene rings is 2. The zero-order valence-electron chi connectivity index (χ0n) is 12.8. The molecule has 4 aromatic rings. The largest absolute Gasteiger partial charge is 0.454 e. The van der Waals surface area contributed by atoms with Gasteiger partial charge in [-0.1, -0.05) is 45.4 Å². The molecule has 24 heavy (non-hydrogen) atoms. The lowest BCUT2D eigenvalue weighted by Gasteiger charge is -2.07. The molecule has 4 nitrogen and oxygen atoms in total. The van der Waals surface area contributed by atoms with Gasteiger partial charge in [0.05, 0.1) is 0 Å². The molecule has 4 rings (SSSR count). The van der Waals surface area contributed by atoms with Crippen molar-refractivity contribution in [2.45, 2.75) is 6.92 Å². The number of pyridine rings is 1. The van der Waals surface area contributed by atoms with Crippen LogP contribution in [0.4, 0.5) is 0 Å². The van der Waals surface area contributed by atoms with Crippen molar-refractivity contribution in [3.05, 3.63) is 70.1 Å². The van der Waals surface area contributed by atoms with Crippen molar-refractivity contribution in [2.24, 2.45) is 5.16 Å². The van der Waals surface area contributed by atoms with Gasteiger partial charge in [0.25, 0.3) is 0 Å². The third kappa shape index (κ3) is 2.47. The molecule has 0 fully saturated rings. The van der Waals surface area contributed by atoms with Crippen LogP contribution in [0.3, 0.4) is 0 Å². The average Bonchev–Trinajstić information content (AvgIpc) is 2.61. The molecule has 2 aromatic heterocycles. The van der Waals surface area contributed by atoms with E-state index in [4.69, 9.17) is 4.42 Å². The number of halogens is 1. The van der Waals surface area contributed by atoms with E-state index in [9.17, 15) is 5.21 Å². The van der Waals surface area contributed by atoms with Gasteiger partial charge in [-0.05, 0) is 36.1 Å². The molecule has 0 spiro atoms. The average molecular weight is 381 g/mol. The smallest absolute Gasteiger partial charge is 0.155 e. The second-order valence-corrected chi connectivity index (χ2v) is 6.46. The van der Waals surface area contributed by atoms with E-state index in [0.29, 0.717) is 22.4 Å². The third-order valence-electron chi connectivity index (χ3n) is 4.02. The van der Waals surface area contributed by atoms with Crippen molar-refractivity contribution in [1.82, 2.24) is 4.98 Å². The number of aryl methyl sites for hydroxylation is 1. The van der Waals surface area contributed by atoms with Crippen LogP contribution in [0.25, 0.3) is 33.2 Å². The van der Waals surface area contributed by atoms with E-state index >= 15 is 0 Å². The quantitative estimate of drug-likeness (QED) is 0.373. The summed E-state index contributed by atoms with van der Waals surface area (Å²) in [7, 11) is 0. The molecule has 1 N–H and O–H groups in total. The van der Waals surface area contributed by atoms with Gasteiger partial charge in [0.2, 0.25) is 0 Å². The summed E-state index contributed by atoms with van der Waals surface area (Å²) in [4.78, 5) is 4.47. The number of rotatable bonds is 1. The lowest BCUT2D eigenvalue weighted by molar-refractivity contribution is 0.302. The lowest BCUT2D eigenvalue weighted by atomic mass is 10.1. The van der Waals surface area contributed by atoms with Gasteiger partial charge < -0.3 is 9.62 Å². The van der Waals surface area contributed by atoms with Gasteiger partial charge in [0.1, 0.15) is 16.6 Å². The Kier molecular flexibility index (Phi) is 3.58. The Morgan fingerprint density at radius 1 is 1.08 bits per heavy atom. The zero-order valence-corrected chi connectivity index (χ0v) is 14.4. The van der Waals surface area contributed by atoms with Crippen LogP contribution in [0, 0.1) is 6.92 Å². The van der Waals surface area contributed by atoms with E-state index in [1.165, 1.54) is 0 Å². The minimum atomic E-state index is 0.455. The van der Waals surface area contributed by atoms with E-state index in [-0.39, 0.29) is 0 Å². The monoisotopic (exact) mass is 380 g/mol. The molecular weight excluding hydrogens is 368 g/mol. The number of hydrogen-bond acceptors (Lipinski definition) is 4. The predicted molar refractivity (Wildman–Crippen MR) is 96.7 cm³/mol. The molecule has 0 saturated carbocycles. The Bertz CT molecular complexity index is 1150. The molecule has 0 atom stereocenters. The Balaban J connectivity index is 2.00. The van der Waals surface area contributed by atoms with E-state index in [1.807, 2.05) is 55.6 Å². The van der Waals surface area contributed by atoms with Gasteiger partial charge in [-0.15, -0.1) is 0 Å². The van der Waals surface area contributed by atoms with Gasteiger partial charge in [0, 0.05) is 27.5 Å². The summed E-state index contributed by atoms with van der Waals surface area (Å²) in [6.45, 7) is 1.98. The van der Waals surface area contributed by atoms with Crippen LogP contribution < -0.4 is 5.36 Å². The first-order valence-corrected chi connectivity index (χ1v) is 8.22. The van der Waals surface area contributed by atoms with E-state index in [0.717, 1.165) is 26.2 Å². The van der Waals surface area contributed by atoms with Gasteiger partial charge in [-0.25, -0.2) is 0 Å². The number of aromatic nitrogens is 1. The molecule has 2 heterocycles. The molecule has 0 bridgehead atoms. The third-order valence-corrected chi connectivity index (χ3v) is 4.87. The first kappa shape index (κ1) is 14.9. The highest BCUT2D eigenvalue weighted by Gasteiger charge is 2.10. The molecule has 5 heteroatoms. The Hall–Kier alpha value is -2.66. The summed E-state index contributed by atoms with van der Waals surface area (Å²) < 4.78 is 6.95. The standard InChI is InChI=1S/C19H13BrN2O2/c1-11-6-14-16(22-23)9-19(24-18(14)8-15(11)20)17-7-12-4-2-3-5-13(12)10-21-17/h2-10,23H,1H3/b22-16-. The Morgan fingerprint density at radius 2 is 1.88 bits per heavy atom. The van der Waals surface area contributed by atoms with Gasteiger partial charge in [-0.3, -0.25) is 4.98 Å². The number of fused-ring (bicyclic) bond motifs is 2.